The molecule has 45 nitrogen and oxygen atoms in total. The largest absolute Gasteiger partial charge is 0.480 e. The molecule has 0 aromatic heterocycles. The molecule has 0 bridgehead atoms. The summed E-state index contributed by atoms with van der Waals surface area (Å²) in [7, 11) is 0. The monoisotopic (exact) mass is 1670 g/mol. The lowest BCUT2D eigenvalue weighted by molar-refractivity contribution is -0.163. The second kappa shape index (κ2) is 59.2. The van der Waals surface area contributed by atoms with Gasteiger partial charge in [-0.15, -0.1) is 0 Å². The van der Waals surface area contributed by atoms with Gasteiger partial charge in [-0.1, -0.05) is 27.7 Å². The Morgan fingerprint density at radius 2 is 0.445 bits per heavy atom. The van der Waals surface area contributed by atoms with Gasteiger partial charge < -0.3 is 150 Å². The topological polar surface area (TPSA) is 794 Å². The van der Waals surface area contributed by atoms with Crippen LogP contribution in [0.2, 0.25) is 0 Å². The summed E-state index contributed by atoms with van der Waals surface area (Å²) in [6, 6.07) is -4.35. The Morgan fingerprint density at radius 3 is 0.591 bits per heavy atom. The zero-order chi connectivity index (χ0) is 86.2. The number of rotatable bonds is 53. The Kier molecular flexibility index (Phi) is 58.5. The molecule has 0 aliphatic heterocycles. The molecule has 636 valence electrons. The van der Waals surface area contributed by atoms with E-state index < -0.39 is 248 Å². The van der Waals surface area contributed by atoms with Crippen molar-refractivity contribution in [3.8, 4) is 0 Å². The molecule has 110 heavy (non-hydrogen) atoms. The van der Waals surface area contributed by atoms with Crippen molar-refractivity contribution in [2.24, 2.45) is 23.7 Å². The number of amides is 8. The van der Waals surface area contributed by atoms with E-state index in [1.54, 1.807) is 52.7 Å². The van der Waals surface area contributed by atoms with E-state index in [9.17, 15) is 123 Å². The summed E-state index contributed by atoms with van der Waals surface area (Å²) in [5, 5.41) is 212. The van der Waals surface area contributed by atoms with Gasteiger partial charge in [0.25, 0.3) is 0 Å². The Labute approximate surface area is 646 Å². The van der Waals surface area contributed by atoms with Crippen molar-refractivity contribution >= 4 is 142 Å². The molecule has 0 saturated carbocycles. The van der Waals surface area contributed by atoms with Crippen LogP contribution < -0.4 is 42.5 Å². The summed E-state index contributed by atoms with van der Waals surface area (Å²) in [5.74, 6) is -19.3. The van der Waals surface area contributed by atoms with Crippen molar-refractivity contribution in [2.45, 2.75) is 183 Å². The molecular weight excluding hydrogens is 1560 g/mol. The second-order valence-electron chi connectivity index (χ2n) is 23.7. The number of hydrogen-bond donors (Lipinski definition) is 29. The predicted molar refractivity (Wildman–Crippen MR) is 386 cm³/mol. The summed E-state index contributed by atoms with van der Waals surface area (Å²) < 4.78 is 0. The minimum Gasteiger partial charge on any atom is -0.480 e. The maximum Gasteiger partial charge on any atom is 0.335 e. The van der Waals surface area contributed by atoms with E-state index in [4.69, 9.17) is 61.3 Å². The first-order valence-corrected chi connectivity index (χ1v) is 38.6. The first-order chi connectivity index (χ1) is 51.1. The number of carbonyl (C=O) groups is 16. The zero-order valence-electron chi connectivity index (χ0n) is 61.0. The first-order valence-electron chi connectivity index (χ1n) is 33.0. The molecule has 29 N–H and O–H groups in total. The molecular formula is C61H106N8O37S4. The number of thioether (sulfide) groups is 4. The highest BCUT2D eigenvalue weighted by molar-refractivity contribution is 7.99. The molecule has 0 aromatic carbocycles. The fraction of sp³-hybridized carbons (Fsp3) is 0.738. The third-order valence-corrected chi connectivity index (χ3v) is 17.9. The summed E-state index contributed by atoms with van der Waals surface area (Å²) in [6.45, 7) is 4.37. The maximum absolute atomic E-state index is 12.2. The number of aliphatic hydroxyl groups is 13. The lowest BCUT2D eigenvalue weighted by atomic mass is 10.00. The number of nitrogens with one attached hydrogen (secondary N) is 8. The Bertz CT molecular complexity index is 2680. The average molecular weight is 1670 g/mol. The fourth-order valence-electron chi connectivity index (χ4n) is 8.39. The molecule has 0 spiro atoms. The van der Waals surface area contributed by atoms with E-state index in [1.807, 2.05) is 0 Å². The van der Waals surface area contributed by atoms with Gasteiger partial charge in [-0.25, -0.2) is 38.4 Å². The highest BCUT2D eigenvalue weighted by atomic mass is 32.2. The van der Waals surface area contributed by atoms with Crippen LogP contribution in [0.5, 0.6) is 0 Å². The van der Waals surface area contributed by atoms with Gasteiger partial charge in [0.15, 0.2) is 24.4 Å². The molecule has 0 fully saturated rings. The summed E-state index contributed by atoms with van der Waals surface area (Å²) in [4.78, 5) is 183. The number of carboxylic acid groups (broad SMARTS) is 8. The summed E-state index contributed by atoms with van der Waals surface area (Å²) >= 11 is 4.96. The molecule has 0 radical (unpaired) electrons. The van der Waals surface area contributed by atoms with Gasteiger partial charge in [0, 0.05) is 92.0 Å². The average Bonchev–Trinajstić information content (AvgIpc) is 0.754. The van der Waals surface area contributed by atoms with Crippen molar-refractivity contribution in [1.29, 1.82) is 0 Å². The van der Waals surface area contributed by atoms with Crippen LogP contribution in [0.4, 0.5) is 0 Å². The van der Waals surface area contributed by atoms with E-state index in [-0.39, 0.29) is 68.0 Å². The third kappa shape index (κ3) is 45.0. The van der Waals surface area contributed by atoms with Crippen molar-refractivity contribution in [3.05, 3.63) is 0 Å². The third-order valence-electron chi connectivity index (χ3n) is 15.2. The molecule has 0 saturated heterocycles. The van der Waals surface area contributed by atoms with Crippen molar-refractivity contribution < 1.29 is 184 Å². The lowest BCUT2D eigenvalue weighted by Crippen LogP contribution is -2.51. The quantitative estimate of drug-likeness (QED) is 0.0269. The van der Waals surface area contributed by atoms with E-state index in [2.05, 4.69) is 42.5 Å². The molecule has 8 amide bonds. The van der Waals surface area contributed by atoms with Crippen LogP contribution in [0.25, 0.3) is 0 Å². The van der Waals surface area contributed by atoms with E-state index in [0.29, 0.717) is 6.42 Å². The lowest BCUT2D eigenvalue weighted by Gasteiger charge is -2.25. The predicted octanol–water partition coefficient (Wildman–Crippen LogP) is -10.2. The van der Waals surface area contributed by atoms with Gasteiger partial charge in [0.05, 0.1) is 24.9 Å². The smallest absolute Gasteiger partial charge is 0.335 e. The van der Waals surface area contributed by atoms with Gasteiger partial charge in [0.2, 0.25) is 47.3 Å². The molecule has 49 heteroatoms. The first kappa shape index (κ1) is 109. The number of aliphatic carboxylic acids is 8. The van der Waals surface area contributed by atoms with Crippen molar-refractivity contribution in [1.82, 2.24) is 42.5 Å². The van der Waals surface area contributed by atoms with Crippen molar-refractivity contribution in [3.63, 3.8) is 0 Å². The Balaban J connectivity index is -0.000000684. The minimum atomic E-state index is -2.33. The molecule has 0 heterocycles. The SMILES string of the molecule is CCC(CC(=O)NCC(O)C(=O)O)C(=O)NC(CSC)C(=O)O.CCC(CC(=O)NCC(O)C(O)C(O)C(O)C(=O)O)C(=O)N[C@@H](CSC)C(=O)O.CC[C@@H](CC(=O)NC[C@H](O)[C@@H](O)[C@H](O)[C@H](O)C(=O)O)C(=O)N[C@@H](CSC)C(=O)O.CC[C@H](CC(=O)NC[C@@H](O)[C@H](O)[C@H](O)[C@@H](O)C(=O)O)C(=O)N[C@H](CSC)C(=O)O. The second-order valence-corrected chi connectivity index (χ2v) is 27.4. The van der Waals surface area contributed by atoms with Crippen LogP contribution in [0.1, 0.15) is 79.1 Å². The highest BCUT2D eigenvalue weighted by Crippen LogP contribution is 2.16. The molecule has 21 atom stereocenters. The van der Waals surface area contributed by atoms with Crippen molar-refractivity contribution in [2.75, 3.05) is 74.2 Å². The molecule has 0 aromatic rings. The summed E-state index contributed by atoms with van der Waals surface area (Å²) in [5.41, 5.74) is 0. The summed E-state index contributed by atoms with van der Waals surface area (Å²) in [6.07, 6.45) is -20.2. The number of carbonyl (C=O) groups excluding carboxylic acids is 8. The van der Waals surface area contributed by atoms with Crippen LogP contribution in [-0.4, -0.2) is 380 Å². The standard InChI is InChI=1S/3C16H28N2O10S.C13H22N2O7S/c3*1-3-7(14(24)18-8(6-29-2)15(25)26)4-10(20)17-5-9(19)11(21)12(22)13(23)16(27)28;1-3-7(4-10(17)14-5-9(16)13(21)22)11(18)15-8(6-23-2)12(19)20/h3*7-9,11-13,19,21-23H,3-6H2,1-2H3,(H,17,20)(H,18,24)(H,25,26)(H,27,28);7-9,16H,3-6H2,1-2H3,(H,14,17)(H,15,18)(H,19,20)(H,21,22)/t7?,8-,9?,11?,12?,13?;7-,8-,9-,11+,12+,13-;7-,8-,9-,11+,12-,13-;/m010./s1. The Hall–Kier alpha value is -7.60. The van der Waals surface area contributed by atoms with Gasteiger partial charge in [0.1, 0.15) is 60.8 Å². The number of aliphatic hydroxyl groups excluding tert-OH is 13. The van der Waals surface area contributed by atoms with Crippen LogP contribution in [0.15, 0.2) is 0 Å². The normalized spacial score (nSPS) is 16.7. The van der Waals surface area contributed by atoms with Gasteiger partial charge in [-0.2, -0.15) is 47.0 Å². The number of hydrogen-bond acceptors (Lipinski definition) is 33. The molecule has 0 aliphatic rings. The van der Waals surface area contributed by atoms with Gasteiger partial charge in [-0.3, -0.25) is 38.4 Å². The number of carboxylic acids is 8. The fourth-order valence-corrected chi connectivity index (χ4v) is 10.6. The maximum atomic E-state index is 12.2. The minimum absolute atomic E-state index is 0.151. The zero-order valence-corrected chi connectivity index (χ0v) is 64.3. The van der Waals surface area contributed by atoms with Gasteiger partial charge in [-0.05, 0) is 50.7 Å². The van der Waals surface area contributed by atoms with Crippen LogP contribution in [-0.2, 0) is 76.7 Å². The molecule has 8 unspecified atom stereocenters. The van der Waals surface area contributed by atoms with Crippen LogP contribution in [0.3, 0.4) is 0 Å². The Morgan fingerprint density at radius 1 is 0.264 bits per heavy atom. The van der Waals surface area contributed by atoms with Gasteiger partial charge >= 0.3 is 47.8 Å². The van der Waals surface area contributed by atoms with E-state index >= 15 is 0 Å². The van der Waals surface area contributed by atoms with Crippen LogP contribution >= 0.6 is 47.0 Å². The highest BCUT2D eigenvalue weighted by Gasteiger charge is 2.39. The molecule has 0 rings (SSSR count). The van der Waals surface area contributed by atoms with Crippen LogP contribution in [0, 0.1) is 23.7 Å². The van der Waals surface area contributed by atoms with E-state index in [0.717, 1.165) is 0 Å². The molecule has 0 aliphatic carbocycles. The van der Waals surface area contributed by atoms with E-state index in [1.165, 1.54) is 47.0 Å².